The third kappa shape index (κ3) is 26.5. The molecule has 13 atom stereocenters. The molecule has 35 heteroatoms. The first kappa shape index (κ1) is 102. The van der Waals surface area contributed by atoms with Crippen LogP contribution in [0.25, 0.3) is 11.4 Å². The summed E-state index contributed by atoms with van der Waals surface area (Å²) in [6.07, 6.45) is -2.08. The lowest BCUT2D eigenvalue weighted by Crippen LogP contribution is -2.60. The molecule has 4 aliphatic carbocycles. The monoisotopic (exact) mass is 1820 g/mol. The van der Waals surface area contributed by atoms with Crippen LogP contribution in [0.1, 0.15) is 189 Å². The van der Waals surface area contributed by atoms with E-state index in [0.29, 0.717) is 47.6 Å². The Labute approximate surface area is 764 Å². The predicted molar refractivity (Wildman–Crippen MR) is 488 cm³/mol. The number of fused-ring (bicyclic) bond motifs is 8. The topological polar surface area (TPSA) is 531 Å². The van der Waals surface area contributed by atoms with Gasteiger partial charge in [-0.15, -0.1) is 0 Å². The van der Waals surface area contributed by atoms with E-state index in [0.717, 1.165) is 84.0 Å². The molecule has 1 aliphatic heterocycles. The number of Topliss-reactive ketones (excluding diaryl/α,β-unsaturated/α-hetero) is 1. The summed E-state index contributed by atoms with van der Waals surface area (Å²) in [5.41, 5.74) is 16.1. The van der Waals surface area contributed by atoms with Crippen LogP contribution in [0.4, 0.5) is 26.7 Å². The molecule has 1 heterocycles. The van der Waals surface area contributed by atoms with Gasteiger partial charge in [0.1, 0.15) is 36.7 Å². The third-order valence-corrected chi connectivity index (χ3v) is 26.9. The summed E-state index contributed by atoms with van der Waals surface area (Å²) < 4.78 is 28.2. The summed E-state index contributed by atoms with van der Waals surface area (Å²) in [7, 11) is 1.81. The Morgan fingerprint density at radius 3 is 1.76 bits per heavy atom. The molecule has 10 rings (SSSR count). The number of para-hydroxylation sites is 1. The first-order valence-corrected chi connectivity index (χ1v) is 45.5. The molecule has 5 aliphatic rings. The highest BCUT2D eigenvalue weighted by atomic mass is 16.6. The number of phenols is 1. The van der Waals surface area contributed by atoms with Gasteiger partial charge in [0, 0.05) is 87.2 Å². The molecule has 0 aromatic heterocycles. The zero-order valence-electron chi connectivity index (χ0n) is 76.1. The first-order chi connectivity index (χ1) is 62.7. The molecule has 0 saturated heterocycles. The van der Waals surface area contributed by atoms with Crippen molar-refractivity contribution in [3.05, 3.63) is 154 Å². The standard InChI is InChI=1S/C96H133N13O22/c1-58(2)82(106-88(122)71(30-33-79(116)102-54-74(113)85(119)86(120)75(114)56-110)105-80(117)36-43-127-45-47-129-49-50-130-48-46-128-44-42-100-78(115)34-35-81(118)109-55-63-15-8-9-17-67(63)83(99-7)84(108-98)68-18-10-11-19-72(68)109)73(112)51-62(16-12-41-101-91(97)125)87(121)103-64-26-20-59(21-27-64)57-131-92(126)104-65-28-22-60-24-31-76-93(3,69(60)52-65)37-13-39-95(76,5)89(123)107-90(124)96(6)40-14-38-94(4)70-53-66(111)29-23-61(70)25-32-77(94)96/h8-11,15,17-23,26-29,52-53,58,62,71,74-77,82,85-86,99,108,110-111,113-114,119-120H,12-14,16,24-25,30-51,54-57,98H2,1-7H3,(H,100,115)(H,102,116)(H,103,121)(H,104,126)(H,105,117)(H,106,122)(H3,97,101,125)(H,107,123,124)/b84-83-/t62-,71-,74+,75-,76-,77-,82+,85-,86-,93-,94-,95+,96+/m1/s1. The van der Waals surface area contributed by atoms with E-state index in [1.165, 1.54) is 5.56 Å². The summed E-state index contributed by atoms with van der Waals surface area (Å²) >= 11 is 0. The Kier molecular flexibility index (Phi) is 37.3. The minimum absolute atomic E-state index is 0.0239. The predicted octanol–water partition coefficient (Wildman–Crippen LogP) is 5.83. The van der Waals surface area contributed by atoms with E-state index >= 15 is 0 Å². The summed E-state index contributed by atoms with van der Waals surface area (Å²) in [4.78, 5) is 153. The van der Waals surface area contributed by atoms with Crippen LogP contribution < -0.4 is 69.8 Å². The second kappa shape index (κ2) is 47.9. The van der Waals surface area contributed by atoms with Gasteiger partial charge in [-0.25, -0.2) is 9.59 Å². The molecule has 20 N–H and O–H groups in total. The van der Waals surface area contributed by atoms with Crippen molar-refractivity contribution < 1.29 is 107 Å². The van der Waals surface area contributed by atoms with Crippen molar-refractivity contribution in [3.8, 4) is 5.75 Å². The number of nitrogens with zero attached hydrogens (tertiary/aromatic N) is 1. The number of primary amides is 1. The number of hydrogen-bond donors (Lipinski definition) is 18. The van der Waals surface area contributed by atoms with Gasteiger partial charge in [0.2, 0.25) is 47.3 Å². The molecule has 0 radical (unpaired) electrons. The van der Waals surface area contributed by atoms with Gasteiger partial charge < -0.3 is 108 Å². The number of aliphatic hydroxyl groups is 5. The van der Waals surface area contributed by atoms with Crippen molar-refractivity contribution in [1.82, 2.24) is 42.6 Å². The number of nitrogens with two attached hydrogens (primary N) is 2. The molecular formula is C96H133N13O22. The largest absolute Gasteiger partial charge is 0.508 e. The second-order valence-corrected chi connectivity index (χ2v) is 36.1. The number of rotatable bonds is 47. The number of carbonyl (C=O) groups is 11. The van der Waals surface area contributed by atoms with Crippen LogP contribution >= 0.6 is 0 Å². The number of ether oxygens (including phenoxy) is 5. The molecule has 0 spiro atoms. The van der Waals surface area contributed by atoms with Crippen LogP contribution in [-0.4, -0.2) is 218 Å². The van der Waals surface area contributed by atoms with Crippen molar-refractivity contribution in [1.29, 1.82) is 0 Å². The quantitative estimate of drug-likeness (QED) is 0.00942. The number of nitrogens with one attached hydrogen (secondary N) is 10. The fourth-order valence-electron chi connectivity index (χ4n) is 19.7. The second-order valence-electron chi connectivity index (χ2n) is 36.1. The number of ketones is 1. The SMILES string of the molecule is CN/C1=C(\NN)c2ccccc2N(C(=O)CCC(=O)NCCOCCOCCOCCOCCC(=O)N[C@H](CCC(=O)NC[C@H](O)[C@@H](O)[C@H](O)[C@H](O)CO)C(=O)N[C@H](C(=O)C[C@@H](CCCNC(N)=O)C(=O)Nc2ccc(COC(=O)Nc3ccc4c(c3)[C@@]3(C)CCC[C@](C)(C(=O)NC(=O)[C@@]5(C)CCC[C@]6(C)c7cc(O)ccc7CC[C@@H]56)[C@@H]3CC4)cc2)C(C)C)Cc2ccccc21. The number of hydrazine groups is 1. The smallest absolute Gasteiger partial charge is 0.411 e. The Hall–Kier alpha value is -11.0. The molecule has 2 fully saturated rings. The van der Waals surface area contributed by atoms with E-state index in [1.807, 2.05) is 99.8 Å². The van der Waals surface area contributed by atoms with Crippen molar-refractivity contribution in [2.45, 2.75) is 218 Å². The van der Waals surface area contributed by atoms with Gasteiger partial charge in [0.25, 0.3) is 0 Å². The number of hydrogen-bond acceptors (Lipinski definition) is 25. The van der Waals surface area contributed by atoms with E-state index in [1.54, 1.807) is 49.1 Å². The van der Waals surface area contributed by atoms with E-state index in [2.05, 4.69) is 67.1 Å². The van der Waals surface area contributed by atoms with Crippen LogP contribution in [-0.2, 0) is 104 Å². The molecule has 5 aromatic carbocycles. The van der Waals surface area contributed by atoms with E-state index in [-0.39, 0.29) is 164 Å². The Morgan fingerprint density at radius 2 is 1.15 bits per heavy atom. The van der Waals surface area contributed by atoms with Crippen molar-refractivity contribution in [3.63, 3.8) is 0 Å². The maximum Gasteiger partial charge on any atom is 0.411 e. The van der Waals surface area contributed by atoms with Crippen molar-refractivity contribution in [2.24, 2.45) is 46.1 Å². The number of aliphatic hydroxyl groups excluding tert-OH is 5. The van der Waals surface area contributed by atoms with Gasteiger partial charge in [0.15, 0.2) is 5.78 Å². The number of aromatic hydroxyl groups is 1. The normalized spacial score (nSPS) is 21.7. The van der Waals surface area contributed by atoms with Crippen LogP contribution in [0.15, 0.2) is 109 Å². The van der Waals surface area contributed by atoms with Crippen LogP contribution in [0, 0.1) is 34.5 Å². The van der Waals surface area contributed by atoms with Gasteiger partial charge in [0.05, 0.1) is 106 Å². The van der Waals surface area contributed by atoms with Crippen LogP contribution in [0.5, 0.6) is 5.75 Å². The number of carbonyl (C=O) groups excluding carboxylic acids is 11. The van der Waals surface area contributed by atoms with Crippen molar-refractivity contribution in [2.75, 3.05) is 102 Å². The average Bonchev–Trinajstić information content (AvgIpc) is 0.719. The molecule has 35 nitrogen and oxygen atoms in total. The minimum Gasteiger partial charge on any atom is -0.508 e. The maximum atomic E-state index is 14.9. The average molecular weight is 1820 g/mol. The maximum absolute atomic E-state index is 14.9. The van der Waals surface area contributed by atoms with Crippen LogP contribution in [0.3, 0.4) is 0 Å². The highest BCUT2D eigenvalue weighted by molar-refractivity contribution is 6.03. The molecule has 0 bridgehead atoms. The van der Waals surface area contributed by atoms with Crippen LogP contribution in [0.2, 0.25) is 0 Å². The number of imide groups is 1. The molecule has 2 saturated carbocycles. The summed E-state index contributed by atoms with van der Waals surface area (Å²) in [6, 6.07) is 29.5. The highest BCUT2D eigenvalue weighted by Crippen LogP contribution is 2.60. The first-order valence-electron chi connectivity index (χ1n) is 45.5. The summed E-state index contributed by atoms with van der Waals surface area (Å²) in [6.45, 7) is 11.7. The zero-order chi connectivity index (χ0) is 94.7. The molecule has 131 heavy (non-hydrogen) atoms. The third-order valence-electron chi connectivity index (χ3n) is 26.9. The lowest BCUT2D eigenvalue weighted by molar-refractivity contribution is -0.150. The fraction of sp³-hybridized carbons (Fsp3) is 0.552. The van der Waals surface area contributed by atoms with Crippen molar-refractivity contribution >= 4 is 93.6 Å². The van der Waals surface area contributed by atoms with Gasteiger partial charge in [-0.3, -0.25) is 59.6 Å². The Balaban J connectivity index is 0.659. The van der Waals surface area contributed by atoms with Gasteiger partial charge in [-0.1, -0.05) is 121 Å². The number of urea groups is 1. The van der Waals surface area contributed by atoms with Gasteiger partial charge in [-0.2, -0.15) is 0 Å². The number of benzene rings is 5. The molecule has 11 amide bonds. The number of anilines is 3. The summed E-state index contributed by atoms with van der Waals surface area (Å²) in [5, 5.41) is 85.4. The molecule has 5 aromatic rings. The van der Waals surface area contributed by atoms with Gasteiger partial charge >= 0.3 is 12.1 Å². The zero-order valence-corrected chi connectivity index (χ0v) is 76.1. The number of amides is 11. The minimum atomic E-state index is -1.99. The number of phenolic OH excluding ortho intramolecular Hbond substituents is 1. The lowest BCUT2D eigenvalue weighted by Gasteiger charge is -2.56. The van der Waals surface area contributed by atoms with E-state index in [4.69, 9.17) is 35.3 Å². The van der Waals surface area contributed by atoms with Gasteiger partial charge in [-0.05, 0) is 175 Å². The highest BCUT2D eigenvalue weighted by Gasteiger charge is 2.59. The Bertz CT molecular complexity index is 4840. The Morgan fingerprint density at radius 1 is 0.565 bits per heavy atom. The molecule has 714 valence electrons. The number of aryl methyl sites for hydroxylation is 2. The lowest BCUT2D eigenvalue weighted by atomic mass is 9.49. The van der Waals surface area contributed by atoms with E-state index < -0.39 is 132 Å². The molecule has 0 unspecified atom stereocenters. The summed E-state index contributed by atoms with van der Waals surface area (Å²) in [5.74, 6) is -0.0557. The molecular weight excluding hydrogens is 1690 g/mol. The van der Waals surface area contributed by atoms with E-state index in [9.17, 15) is 83.4 Å². The fourth-order valence-corrected chi connectivity index (χ4v) is 19.7.